The maximum Gasteiger partial charge on any atom is 0.242 e. The fourth-order valence-electron chi connectivity index (χ4n) is 3.90. The molecule has 2 aliphatic heterocycles. The molecule has 6 heteroatoms. The highest BCUT2D eigenvalue weighted by Gasteiger charge is 2.34. The molecule has 0 aromatic heterocycles. The minimum Gasteiger partial charge on any atom is -0.336 e. The molecule has 4 nitrogen and oxygen atoms in total. The number of hydrogen-bond acceptors (Lipinski definition) is 2. The monoisotopic (exact) mass is 386 g/mol. The molecule has 0 saturated carbocycles. The zero-order valence-electron chi connectivity index (χ0n) is 14.8. The van der Waals surface area contributed by atoms with Crippen molar-refractivity contribution < 1.29 is 14.0 Å². The molecule has 4 rings (SSSR count). The van der Waals surface area contributed by atoms with Crippen LogP contribution in [0.3, 0.4) is 0 Å². The van der Waals surface area contributed by atoms with Crippen LogP contribution in [0.1, 0.15) is 29.0 Å². The molecule has 1 atom stereocenters. The Morgan fingerprint density at radius 1 is 1.11 bits per heavy atom. The molecule has 2 aromatic carbocycles. The standard InChI is InChI=1S/C21H20ClFN2O2/c22-17-4-1-14-7-9-24(12-16(14)11-17)20(26)13-25-10-8-19(21(25)27)15-2-5-18(23)6-3-15/h1-6,11,19H,7-10,12-13H2. The number of likely N-dealkylation sites (tertiary alicyclic amines) is 1. The smallest absolute Gasteiger partial charge is 0.242 e. The van der Waals surface area contributed by atoms with E-state index in [9.17, 15) is 14.0 Å². The largest absolute Gasteiger partial charge is 0.336 e. The molecule has 0 spiro atoms. The molecule has 2 aromatic rings. The lowest BCUT2D eigenvalue weighted by atomic mass is 9.98. The summed E-state index contributed by atoms with van der Waals surface area (Å²) in [5.74, 6) is -0.717. The highest BCUT2D eigenvalue weighted by molar-refractivity contribution is 6.30. The van der Waals surface area contributed by atoms with Crippen molar-refractivity contribution in [3.63, 3.8) is 0 Å². The van der Waals surface area contributed by atoms with E-state index in [4.69, 9.17) is 11.6 Å². The Hall–Kier alpha value is -2.40. The van der Waals surface area contributed by atoms with Crippen LogP contribution in [0.15, 0.2) is 42.5 Å². The third kappa shape index (κ3) is 3.69. The molecular weight excluding hydrogens is 367 g/mol. The van der Waals surface area contributed by atoms with Crippen LogP contribution >= 0.6 is 11.6 Å². The van der Waals surface area contributed by atoms with Crippen LogP contribution in [0, 0.1) is 5.82 Å². The first-order chi connectivity index (χ1) is 13.0. The molecule has 0 bridgehead atoms. The topological polar surface area (TPSA) is 40.6 Å². The Labute approximate surface area is 162 Å². The first-order valence-corrected chi connectivity index (χ1v) is 9.48. The summed E-state index contributed by atoms with van der Waals surface area (Å²) in [6.07, 6.45) is 1.45. The molecule has 140 valence electrons. The minimum absolute atomic E-state index is 0.0475. The molecule has 0 N–H and O–H groups in total. The first kappa shape index (κ1) is 18.0. The van der Waals surface area contributed by atoms with Crippen LogP contribution in [-0.2, 0) is 22.6 Å². The van der Waals surface area contributed by atoms with Crippen LogP contribution in [-0.4, -0.2) is 41.2 Å². The number of amides is 2. The number of fused-ring (bicyclic) bond motifs is 1. The van der Waals surface area contributed by atoms with E-state index in [1.165, 1.54) is 17.7 Å². The van der Waals surface area contributed by atoms with E-state index in [1.54, 1.807) is 21.9 Å². The third-order valence-corrected chi connectivity index (χ3v) is 5.66. The number of hydrogen-bond donors (Lipinski definition) is 0. The van der Waals surface area contributed by atoms with E-state index >= 15 is 0 Å². The van der Waals surface area contributed by atoms with Gasteiger partial charge in [0.05, 0.1) is 12.5 Å². The van der Waals surface area contributed by atoms with Crippen molar-refractivity contribution in [2.24, 2.45) is 0 Å². The van der Waals surface area contributed by atoms with Gasteiger partial charge < -0.3 is 9.80 Å². The van der Waals surface area contributed by atoms with Gasteiger partial charge in [-0.2, -0.15) is 0 Å². The fraction of sp³-hybridized carbons (Fsp3) is 0.333. The number of carbonyl (C=O) groups is 2. The second-order valence-electron chi connectivity index (χ2n) is 7.13. The molecule has 2 amide bonds. The van der Waals surface area contributed by atoms with Crippen molar-refractivity contribution in [2.45, 2.75) is 25.3 Å². The summed E-state index contributed by atoms with van der Waals surface area (Å²) in [5.41, 5.74) is 3.09. The number of carbonyl (C=O) groups excluding carboxylic acids is 2. The lowest BCUT2D eigenvalue weighted by Crippen LogP contribution is -2.43. The van der Waals surface area contributed by atoms with Crippen LogP contribution in [0.5, 0.6) is 0 Å². The van der Waals surface area contributed by atoms with Crippen LogP contribution in [0.2, 0.25) is 5.02 Å². The predicted octanol–water partition coefficient (Wildman–Crippen LogP) is 3.38. The van der Waals surface area contributed by atoms with Gasteiger partial charge in [0.2, 0.25) is 11.8 Å². The van der Waals surface area contributed by atoms with Gasteiger partial charge in [0.25, 0.3) is 0 Å². The normalized spacial score (nSPS) is 19.3. The Morgan fingerprint density at radius 3 is 2.67 bits per heavy atom. The first-order valence-electron chi connectivity index (χ1n) is 9.10. The van der Waals surface area contributed by atoms with Crippen LogP contribution in [0.4, 0.5) is 4.39 Å². The van der Waals surface area contributed by atoms with Gasteiger partial charge in [0, 0.05) is 24.7 Å². The Kier molecular flexibility index (Phi) is 4.87. The summed E-state index contributed by atoms with van der Waals surface area (Å²) in [5, 5.41) is 0.667. The molecule has 2 heterocycles. The van der Waals surface area contributed by atoms with Gasteiger partial charge in [-0.3, -0.25) is 9.59 Å². The number of benzene rings is 2. The zero-order valence-corrected chi connectivity index (χ0v) is 15.6. The van der Waals surface area contributed by atoms with E-state index in [1.807, 2.05) is 18.2 Å². The SMILES string of the molecule is O=C(CN1CCC(c2ccc(F)cc2)C1=O)N1CCc2ccc(Cl)cc2C1. The van der Waals surface area contributed by atoms with Gasteiger partial charge in [-0.15, -0.1) is 0 Å². The van der Waals surface area contributed by atoms with Crippen molar-refractivity contribution in [3.05, 3.63) is 70.0 Å². The lowest BCUT2D eigenvalue weighted by molar-refractivity contribution is -0.139. The van der Waals surface area contributed by atoms with Gasteiger partial charge in [-0.25, -0.2) is 4.39 Å². The highest BCUT2D eigenvalue weighted by atomic mass is 35.5. The summed E-state index contributed by atoms with van der Waals surface area (Å²) >= 11 is 6.06. The Morgan fingerprint density at radius 2 is 1.89 bits per heavy atom. The minimum atomic E-state index is -0.318. The summed E-state index contributed by atoms with van der Waals surface area (Å²) in [6, 6.07) is 11.8. The number of nitrogens with zero attached hydrogens (tertiary/aromatic N) is 2. The second kappa shape index (κ2) is 7.31. The Bertz CT molecular complexity index is 884. The summed E-state index contributed by atoms with van der Waals surface area (Å²) in [6.45, 7) is 1.81. The molecule has 1 unspecified atom stereocenters. The van der Waals surface area contributed by atoms with Crippen molar-refractivity contribution in [1.29, 1.82) is 0 Å². The van der Waals surface area contributed by atoms with E-state index in [-0.39, 0.29) is 30.1 Å². The number of rotatable bonds is 3. The molecule has 0 aliphatic carbocycles. The quantitative estimate of drug-likeness (QED) is 0.811. The zero-order chi connectivity index (χ0) is 19.0. The van der Waals surface area contributed by atoms with Crippen molar-refractivity contribution in [1.82, 2.24) is 9.80 Å². The fourth-order valence-corrected chi connectivity index (χ4v) is 4.10. The van der Waals surface area contributed by atoms with Crippen molar-refractivity contribution >= 4 is 23.4 Å². The van der Waals surface area contributed by atoms with Crippen molar-refractivity contribution in [2.75, 3.05) is 19.6 Å². The molecular formula is C21H20ClFN2O2. The van der Waals surface area contributed by atoms with E-state index in [0.29, 0.717) is 31.1 Å². The third-order valence-electron chi connectivity index (χ3n) is 5.43. The molecule has 1 fully saturated rings. The molecule has 27 heavy (non-hydrogen) atoms. The summed E-state index contributed by atoms with van der Waals surface area (Å²) in [4.78, 5) is 28.8. The highest BCUT2D eigenvalue weighted by Crippen LogP contribution is 2.29. The van der Waals surface area contributed by atoms with Crippen LogP contribution in [0.25, 0.3) is 0 Å². The molecule has 1 saturated heterocycles. The number of halogens is 2. The maximum atomic E-state index is 13.1. The predicted molar refractivity (Wildman–Crippen MR) is 101 cm³/mol. The summed E-state index contributed by atoms with van der Waals surface area (Å²) < 4.78 is 13.1. The van der Waals surface area contributed by atoms with Crippen LogP contribution < -0.4 is 0 Å². The van der Waals surface area contributed by atoms with Gasteiger partial charge in [-0.1, -0.05) is 29.8 Å². The maximum absolute atomic E-state index is 13.1. The van der Waals surface area contributed by atoms with E-state index in [0.717, 1.165) is 17.5 Å². The second-order valence-corrected chi connectivity index (χ2v) is 7.57. The summed E-state index contributed by atoms with van der Waals surface area (Å²) in [7, 11) is 0. The molecule has 0 radical (unpaired) electrons. The average Bonchev–Trinajstić information content (AvgIpc) is 3.02. The van der Waals surface area contributed by atoms with Gasteiger partial charge in [-0.05, 0) is 53.8 Å². The van der Waals surface area contributed by atoms with Crippen molar-refractivity contribution in [3.8, 4) is 0 Å². The van der Waals surface area contributed by atoms with Gasteiger partial charge >= 0.3 is 0 Å². The van der Waals surface area contributed by atoms with Gasteiger partial charge in [0.15, 0.2) is 0 Å². The molecule has 2 aliphatic rings. The Balaban J connectivity index is 1.40. The van der Waals surface area contributed by atoms with Gasteiger partial charge in [0.1, 0.15) is 5.82 Å². The van der Waals surface area contributed by atoms with E-state index < -0.39 is 0 Å². The average molecular weight is 387 g/mol. The lowest BCUT2D eigenvalue weighted by Gasteiger charge is -2.30. The van der Waals surface area contributed by atoms with E-state index in [2.05, 4.69) is 0 Å².